The SMILES string of the molecule is CC(C(=O)N[C@@H]1CCC[C@@H]1C(=O)O)c1ccc(Br)cc1. The lowest BCUT2D eigenvalue weighted by atomic mass is 9.98. The van der Waals surface area contributed by atoms with Crippen LogP contribution in [0.2, 0.25) is 0 Å². The van der Waals surface area contributed by atoms with Crippen LogP contribution in [0.15, 0.2) is 28.7 Å². The Morgan fingerprint density at radius 3 is 2.55 bits per heavy atom. The lowest BCUT2D eigenvalue weighted by Gasteiger charge is -2.20. The molecule has 1 aliphatic rings. The van der Waals surface area contributed by atoms with Crippen LogP contribution in [0.4, 0.5) is 0 Å². The molecule has 5 heteroatoms. The molecular weight excluding hydrogens is 322 g/mol. The maximum absolute atomic E-state index is 12.2. The molecule has 20 heavy (non-hydrogen) atoms. The number of carboxylic acid groups (broad SMARTS) is 1. The highest BCUT2D eigenvalue weighted by molar-refractivity contribution is 9.10. The van der Waals surface area contributed by atoms with E-state index in [2.05, 4.69) is 21.2 Å². The summed E-state index contributed by atoms with van der Waals surface area (Å²) >= 11 is 3.36. The predicted octanol–water partition coefficient (Wildman–Crippen LogP) is 2.92. The minimum absolute atomic E-state index is 0.106. The first-order valence-electron chi connectivity index (χ1n) is 6.77. The first-order chi connectivity index (χ1) is 9.49. The molecule has 1 saturated carbocycles. The maximum atomic E-state index is 12.2. The van der Waals surface area contributed by atoms with Gasteiger partial charge in [-0.1, -0.05) is 34.5 Å². The van der Waals surface area contributed by atoms with Crippen molar-refractivity contribution in [3.63, 3.8) is 0 Å². The highest BCUT2D eigenvalue weighted by Gasteiger charge is 2.34. The molecule has 0 aliphatic heterocycles. The van der Waals surface area contributed by atoms with Gasteiger partial charge in [0.2, 0.25) is 5.91 Å². The van der Waals surface area contributed by atoms with Crippen molar-refractivity contribution in [2.75, 3.05) is 0 Å². The monoisotopic (exact) mass is 339 g/mol. The topological polar surface area (TPSA) is 66.4 Å². The predicted molar refractivity (Wildman–Crippen MR) is 79.5 cm³/mol. The van der Waals surface area contributed by atoms with Crippen molar-refractivity contribution in [1.29, 1.82) is 0 Å². The van der Waals surface area contributed by atoms with Crippen LogP contribution in [-0.2, 0) is 9.59 Å². The molecule has 1 aromatic carbocycles. The minimum Gasteiger partial charge on any atom is -0.481 e. The van der Waals surface area contributed by atoms with Gasteiger partial charge in [0.05, 0.1) is 11.8 Å². The average Bonchev–Trinajstić information content (AvgIpc) is 2.87. The summed E-state index contributed by atoms with van der Waals surface area (Å²) < 4.78 is 0.968. The van der Waals surface area contributed by atoms with E-state index in [0.717, 1.165) is 22.9 Å². The van der Waals surface area contributed by atoms with Crippen LogP contribution >= 0.6 is 15.9 Å². The van der Waals surface area contributed by atoms with E-state index in [1.54, 1.807) is 0 Å². The second-order valence-corrected chi connectivity index (χ2v) is 6.18. The van der Waals surface area contributed by atoms with Crippen molar-refractivity contribution in [3.05, 3.63) is 34.3 Å². The van der Waals surface area contributed by atoms with Gasteiger partial charge in [0.25, 0.3) is 0 Å². The van der Waals surface area contributed by atoms with E-state index in [1.165, 1.54) is 0 Å². The van der Waals surface area contributed by atoms with Crippen molar-refractivity contribution in [1.82, 2.24) is 5.32 Å². The Morgan fingerprint density at radius 2 is 1.95 bits per heavy atom. The number of carbonyl (C=O) groups excluding carboxylic acids is 1. The molecule has 0 radical (unpaired) electrons. The summed E-state index contributed by atoms with van der Waals surface area (Å²) in [5.41, 5.74) is 0.926. The third-order valence-corrected chi connectivity index (χ3v) is 4.45. The molecular formula is C15H18BrNO3. The Balaban J connectivity index is 2.00. The fraction of sp³-hybridized carbons (Fsp3) is 0.467. The van der Waals surface area contributed by atoms with Crippen LogP contribution < -0.4 is 5.32 Å². The summed E-state index contributed by atoms with van der Waals surface area (Å²) in [6.45, 7) is 1.84. The quantitative estimate of drug-likeness (QED) is 0.886. The molecule has 0 bridgehead atoms. The van der Waals surface area contributed by atoms with Crippen LogP contribution in [-0.4, -0.2) is 23.0 Å². The molecule has 1 aromatic rings. The minimum atomic E-state index is -0.816. The van der Waals surface area contributed by atoms with E-state index in [1.807, 2.05) is 31.2 Å². The molecule has 3 atom stereocenters. The number of rotatable bonds is 4. The first-order valence-corrected chi connectivity index (χ1v) is 7.57. The molecule has 2 N–H and O–H groups in total. The molecule has 0 saturated heterocycles. The smallest absolute Gasteiger partial charge is 0.308 e. The molecule has 0 aromatic heterocycles. The van der Waals surface area contributed by atoms with Crippen LogP contribution in [0.5, 0.6) is 0 Å². The van der Waals surface area contributed by atoms with Gasteiger partial charge in [-0.2, -0.15) is 0 Å². The number of carbonyl (C=O) groups is 2. The Hall–Kier alpha value is -1.36. The number of hydrogen-bond donors (Lipinski definition) is 2. The molecule has 1 unspecified atom stereocenters. The highest BCUT2D eigenvalue weighted by Crippen LogP contribution is 2.27. The first kappa shape index (κ1) is 15.0. The molecule has 1 fully saturated rings. The van der Waals surface area contributed by atoms with Gasteiger partial charge < -0.3 is 10.4 Å². The van der Waals surface area contributed by atoms with Crippen LogP contribution in [0, 0.1) is 5.92 Å². The van der Waals surface area contributed by atoms with Gasteiger partial charge in [-0.25, -0.2) is 0 Å². The number of carboxylic acids is 1. The van der Waals surface area contributed by atoms with Crippen molar-refractivity contribution < 1.29 is 14.7 Å². The molecule has 4 nitrogen and oxygen atoms in total. The van der Waals surface area contributed by atoms with Gasteiger partial charge in [-0.3, -0.25) is 9.59 Å². The number of hydrogen-bond acceptors (Lipinski definition) is 2. The summed E-state index contributed by atoms with van der Waals surface area (Å²) in [5.74, 6) is -1.65. The van der Waals surface area contributed by atoms with Crippen molar-refractivity contribution in [2.24, 2.45) is 5.92 Å². The van der Waals surface area contributed by atoms with Gasteiger partial charge in [0, 0.05) is 10.5 Å². The van der Waals surface area contributed by atoms with Crippen LogP contribution in [0.1, 0.15) is 37.7 Å². The number of amides is 1. The van der Waals surface area contributed by atoms with Crippen LogP contribution in [0.25, 0.3) is 0 Å². The normalized spacial score (nSPS) is 23.3. The van der Waals surface area contributed by atoms with Gasteiger partial charge in [-0.05, 0) is 37.5 Å². The molecule has 108 valence electrons. The van der Waals surface area contributed by atoms with E-state index in [4.69, 9.17) is 5.11 Å². The Kier molecular flexibility index (Phi) is 4.81. The molecule has 2 rings (SSSR count). The van der Waals surface area contributed by atoms with Crippen molar-refractivity contribution >= 4 is 27.8 Å². The van der Waals surface area contributed by atoms with Gasteiger partial charge in [0.15, 0.2) is 0 Å². The van der Waals surface area contributed by atoms with Crippen molar-refractivity contribution in [3.8, 4) is 0 Å². The van der Waals surface area contributed by atoms with E-state index in [0.29, 0.717) is 6.42 Å². The number of aliphatic carboxylic acids is 1. The van der Waals surface area contributed by atoms with Crippen LogP contribution in [0.3, 0.4) is 0 Å². The Labute approximate surface area is 126 Å². The van der Waals surface area contributed by atoms with Crippen molar-refractivity contribution in [2.45, 2.75) is 38.1 Å². The number of halogens is 1. The number of nitrogens with one attached hydrogen (secondary N) is 1. The number of benzene rings is 1. The lowest BCUT2D eigenvalue weighted by Crippen LogP contribution is -2.41. The average molecular weight is 340 g/mol. The molecule has 0 spiro atoms. The zero-order valence-electron chi connectivity index (χ0n) is 11.3. The van der Waals surface area contributed by atoms with Gasteiger partial charge >= 0.3 is 5.97 Å². The highest BCUT2D eigenvalue weighted by atomic mass is 79.9. The third kappa shape index (κ3) is 3.39. The molecule has 1 aliphatic carbocycles. The maximum Gasteiger partial charge on any atom is 0.308 e. The zero-order valence-corrected chi connectivity index (χ0v) is 12.9. The summed E-state index contributed by atoms with van der Waals surface area (Å²) in [4.78, 5) is 23.4. The zero-order chi connectivity index (χ0) is 14.7. The summed E-state index contributed by atoms with van der Waals surface area (Å²) in [5, 5.41) is 12.0. The molecule has 0 heterocycles. The second-order valence-electron chi connectivity index (χ2n) is 5.26. The lowest BCUT2D eigenvalue weighted by molar-refractivity contribution is -0.142. The van der Waals surface area contributed by atoms with E-state index in [-0.39, 0.29) is 17.9 Å². The summed E-state index contributed by atoms with van der Waals surface area (Å²) in [6.07, 6.45) is 2.25. The fourth-order valence-electron chi connectivity index (χ4n) is 2.64. The Bertz CT molecular complexity index is 500. The second kappa shape index (κ2) is 6.39. The Morgan fingerprint density at radius 1 is 1.30 bits per heavy atom. The van der Waals surface area contributed by atoms with Gasteiger partial charge in [-0.15, -0.1) is 0 Å². The van der Waals surface area contributed by atoms with E-state index in [9.17, 15) is 9.59 Å². The standard InChI is InChI=1S/C15H18BrNO3/c1-9(10-5-7-11(16)8-6-10)14(18)17-13-4-2-3-12(13)15(19)20/h5-9,12-13H,2-4H2,1H3,(H,17,18)(H,19,20)/t9?,12-,13+/m0/s1. The van der Waals surface area contributed by atoms with E-state index >= 15 is 0 Å². The fourth-order valence-corrected chi connectivity index (χ4v) is 2.90. The summed E-state index contributed by atoms with van der Waals surface area (Å²) in [6, 6.07) is 7.36. The van der Waals surface area contributed by atoms with Gasteiger partial charge in [0.1, 0.15) is 0 Å². The third-order valence-electron chi connectivity index (χ3n) is 3.92. The molecule has 1 amide bonds. The van der Waals surface area contributed by atoms with E-state index < -0.39 is 11.9 Å². The largest absolute Gasteiger partial charge is 0.481 e. The summed E-state index contributed by atoms with van der Waals surface area (Å²) in [7, 11) is 0.